The van der Waals surface area contributed by atoms with Crippen molar-refractivity contribution >= 4 is 11.9 Å². The van der Waals surface area contributed by atoms with Gasteiger partial charge in [0, 0.05) is 13.3 Å². The van der Waals surface area contributed by atoms with Crippen molar-refractivity contribution in [1.29, 1.82) is 0 Å². The number of ether oxygens (including phenoxy) is 1. The number of carbonyl (C=O) groups excluding carboxylic acids is 1. The van der Waals surface area contributed by atoms with E-state index in [1.54, 1.807) is 0 Å². The Hall–Kier alpha value is -1.06. The molecule has 1 unspecified atom stereocenters. The van der Waals surface area contributed by atoms with E-state index in [1.165, 1.54) is 51.9 Å². The number of carboxylic acids is 1. The SMILES string of the molecule is CC(=O)O[C@H]1CC[C@H]2C(CC[C@H]3[C@@H]4CC[C@H]([C@H](C)CCC(=O)O)[C@H]4CC[C@@H]32)C1. The van der Waals surface area contributed by atoms with Crippen LogP contribution in [0.2, 0.25) is 0 Å². The molecule has 0 amide bonds. The Bertz CT molecular complexity index is 587. The minimum absolute atomic E-state index is 0.119. The van der Waals surface area contributed by atoms with Gasteiger partial charge in [-0.3, -0.25) is 9.59 Å². The van der Waals surface area contributed by atoms with Gasteiger partial charge in [-0.05, 0) is 112 Å². The first-order valence-corrected chi connectivity index (χ1v) is 11.8. The van der Waals surface area contributed by atoms with Gasteiger partial charge in [0.1, 0.15) is 6.10 Å². The standard InChI is InChI=1S/C24H38O4/c1-14(3-12-24(26)27)18-8-9-23-20(18)10-11-21-19-7-5-17(28-15(2)25)13-16(19)4-6-22(21)23/h14,16-23H,3-13H2,1-2H3,(H,26,27)/t14-,16?,17+,18-,19+,20-,21-,22-,23-/m1/s1. The van der Waals surface area contributed by atoms with E-state index in [1.807, 2.05) is 0 Å². The summed E-state index contributed by atoms with van der Waals surface area (Å²) in [5.41, 5.74) is 0. The molecule has 0 aliphatic heterocycles. The quantitative estimate of drug-likeness (QED) is 0.647. The van der Waals surface area contributed by atoms with E-state index in [2.05, 4.69) is 6.92 Å². The van der Waals surface area contributed by atoms with Crippen LogP contribution in [-0.2, 0) is 14.3 Å². The van der Waals surface area contributed by atoms with Crippen molar-refractivity contribution in [2.45, 2.75) is 90.6 Å². The lowest BCUT2D eigenvalue weighted by atomic mass is 9.53. The highest BCUT2D eigenvalue weighted by Gasteiger charge is 2.52. The molecule has 0 heterocycles. The Morgan fingerprint density at radius 1 is 0.893 bits per heavy atom. The lowest BCUT2D eigenvalue weighted by Gasteiger charge is -2.53. The highest BCUT2D eigenvalue weighted by Crippen LogP contribution is 2.60. The summed E-state index contributed by atoms with van der Waals surface area (Å²) < 4.78 is 5.55. The van der Waals surface area contributed by atoms with E-state index < -0.39 is 5.97 Å². The molecular weight excluding hydrogens is 352 g/mol. The number of rotatable bonds is 5. The molecular formula is C24H38O4. The first-order valence-electron chi connectivity index (χ1n) is 11.8. The molecule has 4 fully saturated rings. The second kappa shape index (κ2) is 8.36. The van der Waals surface area contributed by atoms with Gasteiger partial charge >= 0.3 is 11.9 Å². The lowest BCUT2D eigenvalue weighted by molar-refractivity contribution is -0.151. The molecule has 0 radical (unpaired) electrons. The van der Waals surface area contributed by atoms with E-state index in [9.17, 15) is 9.59 Å². The van der Waals surface area contributed by atoms with Gasteiger partial charge < -0.3 is 9.84 Å². The predicted molar refractivity (Wildman–Crippen MR) is 108 cm³/mol. The largest absolute Gasteiger partial charge is 0.481 e. The van der Waals surface area contributed by atoms with Gasteiger partial charge in [0.15, 0.2) is 0 Å². The summed E-state index contributed by atoms with van der Waals surface area (Å²) in [6.07, 6.45) is 12.9. The molecule has 158 valence electrons. The average molecular weight is 391 g/mol. The minimum atomic E-state index is -0.646. The predicted octanol–water partition coefficient (Wildman–Crippen LogP) is 5.30. The van der Waals surface area contributed by atoms with Crippen LogP contribution in [0.25, 0.3) is 0 Å². The number of carbonyl (C=O) groups is 2. The number of esters is 1. The van der Waals surface area contributed by atoms with Crippen LogP contribution in [-0.4, -0.2) is 23.1 Å². The van der Waals surface area contributed by atoms with Gasteiger partial charge in [0.2, 0.25) is 0 Å². The molecule has 28 heavy (non-hydrogen) atoms. The van der Waals surface area contributed by atoms with Crippen molar-refractivity contribution in [3.05, 3.63) is 0 Å². The molecule has 0 aromatic heterocycles. The number of aliphatic carboxylic acids is 1. The van der Waals surface area contributed by atoms with Crippen molar-refractivity contribution in [3.8, 4) is 0 Å². The molecule has 4 saturated carbocycles. The second-order valence-corrected chi connectivity index (χ2v) is 10.4. The second-order valence-electron chi connectivity index (χ2n) is 10.4. The zero-order chi connectivity index (χ0) is 19.8. The van der Waals surface area contributed by atoms with E-state index >= 15 is 0 Å². The summed E-state index contributed by atoms with van der Waals surface area (Å²) in [6, 6.07) is 0. The Labute approximate surface area is 169 Å². The molecule has 0 bridgehead atoms. The smallest absolute Gasteiger partial charge is 0.303 e. The van der Waals surface area contributed by atoms with Gasteiger partial charge in [0.25, 0.3) is 0 Å². The topological polar surface area (TPSA) is 63.6 Å². The van der Waals surface area contributed by atoms with Gasteiger partial charge in [-0.25, -0.2) is 0 Å². The normalized spacial score (nSPS) is 43.4. The molecule has 1 N–H and O–H groups in total. The molecule has 4 aliphatic carbocycles. The van der Waals surface area contributed by atoms with Crippen LogP contribution in [0, 0.1) is 47.3 Å². The van der Waals surface area contributed by atoms with Crippen LogP contribution in [0.5, 0.6) is 0 Å². The van der Waals surface area contributed by atoms with Crippen molar-refractivity contribution in [2.24, 2.45) is 47.3 Å². The first kappa shape index (κ1) is 20.2. The van der Waals surface area contributed by atoms with Crippen molar-refractivity contribution in [2.75, 3.05) is 0 Å². The summed E-state index contributed by atoms with van der Waals surface area (Å²) in [7, 11) is 0. The summed E-state index contributed by atoms with van der Waals surface area (Å²) in [4.78, 5) is 22.3. The van der Waals surface area contributed by atoms with E-state index in [0.29, 0.717) is 12.3 Å². The maximum atomic E-state index is 11.3. The third-order valence-corrected chi connectivity index (χ3v) is 9.16. The van der Waals surface area contributed by atoms with Gasteiger partial charge in [-0.1, -0.05) is 6.92 Å². The van der Waals surface area contributed by atoms with Crippen LogP contribution in [0.1, 0.15) is 84.5 Å². The maximum absolute atomic E-state index is 11.3. The van der Waals surface area contributed by atoms with Crippen molar-refractivity contribution in [1.82, 2.24) is 0 Å². The van der Waals surface area contributed by atoms with Gasteiger partial charge in [-0.15, -0.1) is 0 Å². The van der Waals surface area contributed by atoms with Crippen molar-refractivity contribution in [3.63, 3.8) is 0 Å². The fraction of sp³-hybridized carbons (Fsp3) is 0.917. The van der Waals surface area contributed by atoms with Crippen LogP contribution >= 0.6 is 0 Å². The number of hydrogen-bond acceptors (Lipinski definition) is 3. The van der Waals surface area contributed by atoms with Crippen LogP contribution < -0.4 is 0 Å². The average Bonchev–Trinajstić information content (AvgIpc) is 3.09. The molecule has 9 atom stereocenters. The summed E-state index contributed by atoms with van der Waals surface area (Å²) >= 11 is 0. The van der Waals surface area contributed by atoms with Crippen LogP contribution in [0.4, 0.5) is 0 Å². The number of carboxylic acid groups (broad SMARTS) is 1. The number of hydrogen-bond donors (Lipinski definition) is 1. The highest BCUT2D eigenvalue weighted by atomic mass is 16.5. The monoisotopic (exact) mass is 390 g/mol. The zero-order valence-corrected chi connectivity index (χ0v) is 17.6. The Morgan fingerprint density at radius 3 is 2.25 bits per heavy atom. The maximum Gasteiger partial charge on any atom is 0.303 e. The van der Waals surface area contributed by atoms with Gasteiger partial charge in [-0.2, -0.15) is 0 Å². The molecule has 0 saturated heterocycles. The lowest BCUT2D eigenvalue weighted by Crippen LogP contribution is -2.46. The molecule has 4 aliphatic rings. The minimum Gasteiger partial charge on any atom is -0.481 e. The molecule has 4 nitrogen and oxygen atoms in total. The highest BCUT2D eigenvalue weighted by molar-refractivity contribution is 5.66. The zero-order valence-electron chi connectivity index (χ0n) is 17.6. The summed E-state index contributed by atoms with van der Waals surface area (Å²) in [5, 5.41) is 9.04. The Balaban J connectivity index is 1.37. The molecule has 0 aromatic rings. The number of fused-ring (bicyclic) bond motifs is 5. The Kier molecular flexibility index (Phi) is 6.04. The Morgan fingerprint density at radius 2 is 1.50 bits per heavy atom. The van der Waals surface area contributed by atoms with Crippen molar-refractivity contribution < 1.29 is 19.4 Å². The fourth-order valence-electron chi connectivity index (χ4n) is 8.13. The van der Waals surface area contributed by atoms with Crippen LogP contribution in [0.15, 0.2) is 0 Å². The first-order chi connectivity index (χ1) is 13.4. The van der Waals surface area contributed by atoms with E-state index in [0.717, 1.165) is 60.7 Å². The molecule has 0 aromatic carbocycles. The molecule has 0 spiro atoms. The fourth-order valence-corrected chi connectivity index (χ4v) is 8.13. The van der Waals surface area contributed by atoms with E-state index in [4.69, 9.17) is 9.84 Å². The third kappa shape index (κ3) is 3.98. The summed E-state index contributed by atoms with van der Waals surface area (Å²) in [6.45, 7) is 3.84. The summed E-state index contributed by atoms with van der Waals surface area (Å²) in [5.74, 6) is 5.70. The van der Waals surface area contributed by atoms with Crippen LogP contribution in [0.3, 0.4) is 0 Å². The van der Waals surface area contributed by atoms with E-state index in [-0.39, 0.29) is 12.1 Å². The third-order valence-electron chi connectivity index (χ3n) is 9.16. The van der Waals surface area contributed by atoms with Gasteiger partial charge in [0.05, 0.1) is 0 Å². The molecule has 4 heteroatoms. The molecule has 4 rings (SSSR count).